The molecular formula is C9H13NO. The monoisotopic (exact) mass is 151 g/mol. The van der Waals surface area contributed by atoms with Gasteiger partial charge in [0.2, 0.25) is 0 Å². The van der Waals surface area contributed by atoms with Crippen LogP contribution in [0.5, 0.6) is 0 Å². The van der Waals surface area contributed by atoms with Crippen molar-refractivity contribution in [3.8, 4) is 12.3 Å². The van der Waals surface area contributed by atoms with Gasteiger partial charge < -0.3 is 5.73 Å². The summed E-state index contributed by atoms with van der Waals surface area (Å²) < 4.78 is 0. The zero-order valence-electron chi connectivity index (χ0n) is 6.76. The fraction of sp³-hybridized carbons (Fsp3) is 0.444. The fourth-order valence-electron chi connectivity index (χ4n) is 0.669. The standard InChI is InChI=1S/C9H13NO/c1-4-5-8(10)9(11)6-7(2)3/h1,8H,2,5-6,10H2,3H3. The van der Waals surface area contributed by atoms with Gasteiger partial charge in [0.25, 0.3) is 0 Å². The first kappa shape index (κ1) is 9.93. The normalized spacial score (nSPS) is 11.7. The molecule has 0 rings (SSSR count). The number of carbonyl (C=O) groups excluding carboxylic acids is 1. The van der Waals surface area contributed by atoms with Crippen LogP contribution in [0.3, 0.4) is 0 Å². The molecule has 0 aromatic rings. The van der Waals surface area contributed by atoms with Crippen LogP contribution < -0.4 is 5.73 Å². The lowest BCUT2D eigenvalue weighted by atomic mass is 10.0. The Bertz CT molecular complexity index is 200. The first-order valence-electron chi connectivity index (χ1n) is 3.44. The lowest BCUT2D eigenvalue weighted by Gasteiger charge is -2.05. The van der Waals surface area contributed by atoms with Gasteiger partial charge in [-0.3, -0.25) is 4.79 Å². The van der Waals surface area contributed by atoms with E-state index in [9.17, 15) is 4.79 Å². The van der Waals surface area contributed by atoms with Crippen molar-refractivity contribution in [1.82, 2.24) is 0 Å². The summed E-state index contributed by atoms with van der Waals surface area (Å²) in [6, 6.07) is -0.517. The molecule has 0 fully saturated rings. The van der Waals surface area contributed by atoms with Gasteiger partial charge >= 0.3 is 0 Å². The molecule has 60 valence electrons. The van der Waals surface area contributed by atoms with Gasteiger partial charge in [0.05, 0.1) is 6.04 Å². The number of hydrogen-bond acceptors (Lipinski definition) is 2. The van der Waals surface area contributed by atoms with E-state index in [0.29, 0.717) is 12.8 Å². The van der Waals surface area contributed by atoms with Gasteiger partial charge in [-0.1, -0.05) is 12.2 Å². The lowest BCUT2D eigenvalue weighted by Crippen LogP contribution is -2.29. The van der Waals surface area contributed by atoms with Crippen molar-refractivity contribution in [2.75, 3.05) is 0 Å². The first-order valence-corrected chi connectivity index (χ1v) is 3.44. The molecule has 0 bridgehead atoms. The van der Waals surface area contributed by atoms with Crippen LogP contribution in [0.15, 0.2) is 12.2 Å². The highest BCUT2D eigenvalue weighted by Crippen LogP contribution is 2.00. The predicted molar refractivity (Wildman–Crippen MR) is 45.9 cm³/mol. The van der Waals surface area contributed by atoms with E-state index in [1.165, 1.54) is 0 Å². The van der Waals surface area contributed by atoms with E-state index in [0.717, 1.165) is 5.57 Å². The third-order valence-corrected chi connectivity index (χ3v) is 1.23. The molecule has 0 radical (unpaired) electrons. The Balaban J connectivity index is 3.85. The molecule has 0 aromatic heterocycles. The average molecular weight is 151 g/mol. The summed E-state index contributed by atoms with van der Waals surface area (Å²) in [5.41, 5.74) is 6.26. The molecule has 2 nitrogen and oxygen atoms in total. The highest BCUT2D eigenvalue weighted by molar-refractivity contribution is 5.85. The fourth-order valence-corrected chi connectivity index (χ4v) is 0.669. The molecule has 2 heteroatoms. The molecule has 0 aliphatic rings. The summed E-state index contributed by atoms with van der Waals surface area (Å²) >= 11 is 0. The smallest absolute Gasteiger partial charge is 0.154 e. The molecule has 0 heterocycles. The topological polar surface area (TPSA) is 43.1 Å². The molecule has 1 atom stereocenters. The van der Waals surface area contributed by atoms with Crippen LogP contribution in [-0.4, -0.2) is 11.8 Å². The summed E-state index contributed by atoms with van der Waals surface area (Å²) in [6.07, 6.45) is 5.64. The Morgan fingerprint density at radius 1 is 1.82 bits per heavy atom. The highest BCUT2D eigenvalue weighted by Gasteiger charge is 2.10. The quantitative estimate of drug-likeness (QED) is 0.478. The molecule has 0 amide bonds. The Kier molecular flexibility index (Phi) is 4.24. The number of ketones is 1. The van der Waals surface area contributed by atoms with E-state index in [-0.39, 0.29) is 5.78 Å². The van der Waals surface area contributed by atoms with Crippen molar-refractivity contribution in [2.45, 2.75) is 25.8 Å². The molecule has 0 saturated carbocycles. The van der Waals surface area contributed by atoms with Crippen molar-refractivity contribution < 1.29 is 4.79 Å². The SMILES string of the molecule is C#CCC(N)C(=O)CC(=C)C. The number of hydrogen-bond donors (Lipinski definition) is 1. The molecule has 0 aliphatic heterocycles. The summed E-state index contributed by atoms with van der Waals surface area (Å²) in [6.45, 7) is 5.40. The molecule has 0 saturated heterocycles. The summed E-state index contributed by atoms with van der Waals surface area (Å²) in [5, 5.41) is 0. The van der Waals surface area contributed by atoms with Gasteiger partial charge in [-0.2, -0.15) is 0 Å². The maximum atomic E-state index is 11.1. The van der Waals surface area contributed by atoms with E-state index in [1.54, 1.807) is 6.92 Å². The first-order chi connectivity index (χ1) is 5.07. The van der Waals surface area contributed by atoms with Crippen molar-refractivity contribution >= 4 is 5.78 Å². The van der Waals surface area contributed by atoms with Gasteiger partial charge in [0.1, 0.15) is 0 Å². The summed E-state index contributed by atoms with van der Waals surface area (Å²) in [4.78, 5) is 11.1. The van der Waals surface area contributed by atoms with E-state index in [1.807, 2.05) is 0 Å². The minimum absolute atomic E-state index is 0.0320. The van der Waals surface area contributed by atoms with Gasteiger partial charge in [0, 0.05) is 12.8 Å². The molecule has 2 N–H and O–H groups in total. The minimum atomic E-state index is -0.517. The number of carbonyl (C=O) groups is 1. The number of rotatable bonds is 4. The zero-order valence-corrected chi connectivity index (χ0v) is 6.76. The minimum Gasteiger partial charge on any atom is -0.321 e. The third kappa shape index (κ3) is 4.35. The van der Waals surface area contributed by atoms with Gasteiger partial charge in [0.15, 0.2) is 5.78 Å². The maximum Gasteiger partial charge on any atom is 0.154 e. The largest absolute Gasteiger partial charge is 0.321 e. The van der Waals surface area contributed by atoms with Crippen molar-refractivity contribution in [3.05, 3.63) is 12.2 Å². The molecule has 11 heavy (non-hydrogen) atoms. The van der Waals surface area contributed by atoms with Crippen LogP contribution in [-0.2, 0) is 4.79 Å². The van der Waals surface area contributed by atoms with Gasteiger partial charge in [-0.25, -0.2) is 0 Å². The average Bonchev–Trinajstić information content (AvgIpc) is 1.86. The molecule has 0 aromatic carbocycles. The molecular weight excluding hydrogens is 138 g/mol. The van der Waals surface area contributed by atoms with Crippen LogP contribution in [0.1, 0.15) is 19.8 Å². The van der Waals surface area contributed by atoms with E-state index in [2.05, 4.69) is 12.5 Å². The van der Waals surface area contributed by atoms with Gasteiger partial charge in [-0.15, -0.1) is 12.3 Å². The van der Waals surface area contributed by atoms with Crippen LogP contribution >= 0.6 is 0 Å². The Labute approximate surface area is 67.5 Å². The molecule has 0 aliphatic carbocycles. The molecule has 0 spiro atoms. The predicted octanol–water partition coefficient (Wildman–Crippen LogP) is 0.872. The zero-order chi connectivity index (χ0) is 8.85. The third-order valence-electron chi connectivity index (χ3n) is 1.23. The second-order valence-corrected chi connectivity index (χ2v) is 2.61. The van der Waals surface area contributed by atoms with E-state index >= 15 is 0 Å². The number of allylic oxidation sites excluding steroid dienone is 1. The Morgan fingerprint density at radius 2 is 2.36 bits per heavy atom. The van der Waals surface area contributed by atoms with Crippen LogP contribution in [0, 0.1) is 12.3 Å². The second kappa shape index (κ2) is 4.70. The second-order valence-electron chi connectivity index (χ2n) is 2.61. The van der Waals surface area contributed by atoms with Crippen LogP contribution in [0.4, 0.5) is 0 Å². The van der Waals surface area contributed by atoms with Crippen molar-refractivity contribution in [2.24, 2.45) is 5.73 Å². The number of Topliss-reactive ketones (excluding diaryl/α,β-unsaturated/α-hetero) is 1. The lowest BCUT2D eigenvalue weighted by molar-refractivity contribution is -0.119. The van der Waals surface area contributed by atoms with Crippen LogP contribution in [0.25, 0.3) is 0 Å². The summed E-state index contributed by atoms with van der Waals surface area (Å²) in [7, 11) is 0. The summed E-state index contributed by atoms with van der Waals surface area (Å²) in [5.74, 6) is 2.31. The van der Waals surface area contributed by atoms with Gasteiger partial charge in [-0.05, 0) is 6.92 Å². The highest BCUT2D eigenvalue weighted by atomic mass is 16.1. The van der Waals surface area contributed by atoms with E-state index < -0.39 is 6.04 Å². The Hall–Kier alpha value is -1.07. The Morgan fingerprint density at radius 3 is 2.73 bits per heavy atom. The molecule has 1 unspecified atom stereocenters. The van der Waals surface area contributed by atoms with Crippen LogP contribution in [0.2, 0.25) is 0 Å². The van der Waals surface area contributed by atoms with Crippen molar-refractivity contribution in [1.29, 1.82) is 0 Å². The van der Waals surface area contributed by atoms with E-state index in [4.69, 9.17) is 12.2 Å². The number of nitrogens with two attached hydrogens (primary N) is 1. The van der Waals surface area contributed by atoms with Crippen molar-refractivity contribution in [3.63, 3.8) is 0 Å². The maximum absolute atomic E-state index is 11.1. The number of terminal acetylenes is 1.